The number of anilines is 1. The van der Waals surface area contributed by atoms with Gasteiger partial charge >= 0.3 is 11.8 Å². The normalized spacial score (nSPS) is 11.7. The zero-order chi connectivity index (χ0) is 15.9. The highest BCUT2D eigenvalue weighted by Gasteiger charge is 2.17. The average molecular weight is 301 g/mol. The van der Waals surface area contributed by atoms with E-state index in [0.717, 1.165) is 12.8 Å². The minimum Gasteiger partial charge on any atom is -0.360 e. The maximum atomic E-state index is 11.8. The number of carbonyl (C=O) groups excluding carboxylic acids is 2. The van der Waals surface area contributed by atoms with Crippen molar-refractivity contribution in [2.75, 3.05) is 5.32 Å². The van der Waals surface area contributed by atoms with Crippen molar-refractivity contribution in [2.24, 2.45) is 0 Å². The molecule has 0 aliphatic heterocycles. The van der Waals surface area contributed by atoms with E-state index in [1.54, 1.807) is 13.0 Å². The van der Waals surface area contributed by atoms with E-state index in [0.29, 0.717) is 5.76 Å². The number of nitrogens with one attached hydrogen (secondary N) is 2. The van der Waals surface area contributed by atoms with Crippen molar-refractivity contribution in [1.29, 1.82) is 0 Å². The van der Waals surface area contributed by atoms with Crippen LogP contribution in [0.15, 0.2) is 40.9 Å². The molecule has 116 valence electrons. The first-order chi connectivity index (χ1) is 10.5. The summed E-state index contributed by atoms with van der Waals surface area (Å²) in [5.41, 5.74) is 1.20. The van der Waals surface area contributed by atoms with Gasteiger partial charge in [0.1, 0.15) is 5.76 Å². The van der Waals surface area contributed by atoms with Crippen molar-refractivity contribution >= 4 is 17.6 Å². The van der Waals surface area contributed by atoms with Gasteiger partial charge in [-0.15, -0.1) is 0 Å². The second kappa shape index (κ2) is 7.40. The SMILES string of the molecule is Cc1cc(NC(=O)C(=O)NC(C)CCc2ccccc2)no1. The summed E-state index contributed by atoms with van der Waals surface area (Å²) in [6, 6.07) is 11.4. The predicted octanol–water partition coefficient (Wildman–Crippen LogP) is 2.06. The van der Waals surface area contributed by atoms with Crippen LogP contribution in [0.5, 0.6) is 0 Å². The molecule has 1 aromatic heterocycles. The van der Waals surface area contributed by atoms with Crippen molar-refractivity contribution in [3.8, 4) is 0 Å². The topological polar surface area (TPSA) is 84.2 Å². The summed E-state index contributed by atoms with van der Waals surface area (Å²) in [5, 5.41) is 8.66. The molecule has 22 heavy (non-hydrogen) atoms. The summed E-state index contributed by atoms with van der Waals surface area (Å²) in [6.45, 7) is 3.57. The number of benzene rings is 1. The van der Waals surface area contributed by atoms with Gasteiger partial charge in [-0.05, 0) is 32.3 Å². The molecule has 2 amide bonds. The maximum absolute atomic E-state index is 11.8. The minimum atomic E-state index is -0.750. The van der Waals surface area contributed by atoms with E-state index in [-0.39, 0.29) is 11.9 Å². The van der Waals surface area contributed by atoms with Gasteiger partial charge in [0.05, 0.1) is 0 Å². The minimum absolute atomic E-state index is 0.0995. The Morgan fingerprint density at radius 3 is 2.59 bits per heavy atom. The fraction of sp³-hybridized carbons (Fsp3) is 0.312. The third-order valence-corrected chi connectivity index (χ3v) is 3.16. The van der Waals surface area contributed by atoms with E-state index in [2.05, 4.69) is 15.8 Å². The van der Waals surface area contributed by atoms with Gasteiger partial charge in [-0.25, -0.2) is 0 Å². The number of rotatable bonds is 5. The first-order valence-corrected chi connectivity index (χ1v) is 7.13. The zero-order valence-corrected chi connectivity index (χ0v) is 12.6. The van der Waals surface area contributed by atoms with Gasteiger partial charge in [-0.1, -0.05) is 35.5 Å². The third kappa shape index (κ3) is 4.73. The van der Waals surface area contributed by atoms with E-state index in [4.69, 9.17) is 4.52 Å². The number of hydrogen-bond donors (Lipinski definition) is 2. The van der Waals surface area contributed by atoms with Gasteiger partial charge in [-0.2, -0.15) is 0 Å². The molecule has 0 aliphatic rings. The number of amides is 2. The molecule has 0 saturated carbocycles. The Labute approximate surface area is 128 Å². The van der Waals surface area contributed by atoms with Crippen LogP contribution in [0.2, 0.25) is 0 Å². The predicted molar refractivity (Wildman–Crippen MR) is 82.2 cm³/mol. The van der Waals surface area contributed by atoms with Crippen LogP contribution in [-0.2, 0) is 16.0 Å². The highest BCUT2D eigenvalue weighted by molar-refractivity contribution is 6.39. The summed E-state index contributed by atoms with van der Waals surface area (Å²) in [6.07, 6.45) is 1.60. The average Bonchev–Trinajstić information content (AvgIpc) is 2.91. The molecule has 1 aromatic carbocycles. The molecule has 0 fully saturated rings. The van der Waals surface area contributed by atoms with Crippen molar-refractivity contribution in [3.05, 3.63) is 47.7 Å². The number of nitrogens with zero attached hydrogens (tertiary/aromatic N) is 1. The summed E-state index contributed by atoms with van der Waals surface area (Å²) in [4.78, 5) is 23.5. The van der Waals surface area contributed by atoms with Gasteiger partial charge in [0, 0.05) is 12.1 Å². The molecule has 0 saturated heterocycles. The second-order valence-corrected chi connectivity index (χ2v) is 5.18. The molecule has 0 aliphatic carbocycles. The van der Waals surface area contributed by atoms with Crippen LogP contribution in [0.25, 0.3) is 0 Å². The number of aryl methyl sites for hydroxylation is 2. The van der Waals surface area contributed by atoms with E-state index in [9.17, 15) is 9.59 Å². The molecule has 0 spiro atoms. The molecule has 6 nitrogen and oxygen atoms in total. The van der Waals surface area contributed by atoms with Gasteiger partial charge in [-0.3, -0.25) is 14.9 Å². The highest BCUT2D eigenvalue weighted by atomic mass is 16.5. The van der Waals surface area contributed by atoms with Gasteiger partial charge in [0.25, 0.3) is 0 Å². The Kier molecular flexibility index (Phi) is 5.30. The Morgan fingerprint density at radius 2 is 1.95 bits per heavy atom. The van der Waals surface area contributed by atoms with Crippen LogP contribution >= 0.6 is 0 Å². The molecule has 2 rings (SSSR count). The molecule has 0 radical (unpaired) electrons. The Morgan fingerprint density at radius 1 is 1.23 bits per heavy atom. The quantitative estimate of drug-likeness (QED) is 0.828. The van der Waals surface area contributed by atoms with E-state index >= 15 is 0 Å². The van der Waals surface area contributed by atoms with Crippen LogP contribution in [0.1, 0.15) is 24.7 Å². The zero-order valence-electron chi connectivity index (χ0n) is 12.6. The van der Waals surface area contributed by atoms with Crippen molar-refractivity contribution in [3.63, 3.8) is 0 Å². The standard InChI is InChI=1S/C16H19N3O3/c1-11(8-9-13-6-4-3-5-7-13)17-15(20)16(21)18-14-10-12(2)22-19-14/h3-7,10-11H,8-9H2,1-2H3,(H,17,20)(H,18,19,21). The summed E-state index contributed by atoms with van der Waals surface area (Å²) >= 11 is 0. The molecule has 6 heteroatoms. The maximum Gasteiger partial charge on any atom is 0.314 e. The van der Waals surface area contributed by atoms with Crippen LogP contribution in [0.4, 0.5) is 5.82 Å². The van der Waals surface area contributed by atoms with Crippen LogP contribution in [0.3, 0.4) is 0 Å². The number of carbonyl (C=O) groups is 2. The summed E-state index contributed by atoms with van der Waals surface area (Å²) < 4.78 is 4.82. The lowest BCUT2D eigenvalue weighted by Crippen LogP contribution is -2.40. The highest BCUT2D eigenvalue weighted by Crippen LogP contribution is 2.07. The van der Waals surface area contributed by atoms with Crippen molar-refractivity contribution in [2.45, 2.75) is 32.7 Å². The first kappa shape index (κ1) is 15.8. The fourth-order valence-electron chi connectivity index (χ4n) is 1.99. The molecule has 0 bridgehead atoms. The fourth-order valence-corrected chi connectivity index (χ4v) is 1.99. The second-order valence-electron chi connectivity index (χ2n) is 5.18. The van der Waals surface area contributed by atoms with Gasteiger partial charge in [0.15, 0.2) is 5.82 Å². The summed E-state index contributed by atoms with van der Waals surface area (Å²) in [5.74, 6) is -0.636. The lowest BCUT2D eigenvalue weighted by Gasteiger charge is -2.13. The molecule has 1 atom stereocenters. The number of hydrogen-bond acceptors (Lipinski definition) is 4. The number of aromatic nitrogens is 1. The smallest absolute Gasteiger partial charge is 0.314 e. The van der Waals surface area contributed by atoms with Gasteiger partial charge < -0.3 is 9.84 Å². The van der Waals surface area contributed by atoms with Crippen LogP contribution in [0, 0.1) is 6.92 Å². The van der Waals surface area contributed by atoms with E-state index < -0.39 is 11.8 Å². The lowest BCUT2D eigenvalue weighted by atomic mass is 10.1. The molecular formula is C16H19N3O3. The molecule has 2 N–H and O–H groups in total. The molecule has 1 unspecified atom stereocenters. The third-order valence-electron chi connectivity index (χ3n) is 3.16. The van der Waals surface area contributed by atoms with E-state index in [1.807, 2.05) is 37.3 Å². The van der Waals surface area contributed by atoms with Crippen LogP contribution in [-0.4, -0.2) is 23.0 Å². The van der Waals surface area contributed by atoms with Crippen molar-refractivity contribution < 1.29 is 14.1 Å². The Hall–Kier alpha value is -2.63. The first-order valence-electron chi connectivity index (χ1n) is 7.13. The molecular weight excluding hydrogens is 282 g/mol. The Bertz CT molecular complexity index is 637. The van der Waals surface area contributed by atoms with Crippen LogP contribution < -0.4 is 10.6 Å². The van der Waals surface area contributed by atoms with Crippen molar-refractivity contribution in [1.82, 2.24) is 10.5 Å². The van der Waals surface area contributed by atoms with E-state index in [1.165, 1.54) is 5.56 Å². The molecule has 2 aromatic rings. The molecule has 1 heterocycles. The van der Waals surface area contributed by atoms with Gasteiger partial charge in [0.2, 0.25) is 0 Å². The lowest BCUT2D eigenvalue weighted by molar-refractivity contribution is -0.136. The Balaban J connectivity index is 1.76. The monoisotopic (exact) mass is 301 g/mol. The summed E-state index contributed by atoms with van der Waals surface area (Å²) in [7, 11) is 0. The largest absolute Gasteiger partial charge is 0.360 e.